The van der Waals surface area contributed by atoms with Gasteiger partial charge in [0.15, 0.2) is 5.78 Å². The molecular weight excluding hydrogens is 881 g/mol. The topological polar surface area (TPSA) is 214 Å². The van der Waals surface area contributed by atoms with E-state index in [4.69, 9.17) is 20.6 Å². The molecule has 0 spiro atoms. The number of ether oxygens (including phenoxy) is 3. The largest absolute Gasteiger partial charge is 0.425 e. The van der Waals surface area contributed by atoms with Crippen LogP contribution in [0.2, 0.25) is 0 Å². The Balaban J connectivity index is 1.53. The van der Waals surface area contributed by atoms with Crippen LogP contribution >= 0.6 is 0 Å². The summed E-state index contributed by atoms with van der Waals surface area (Å²) in [4.78, 5) is 96.9. The van der Waals surface area contributed by atoms with Crippen LogP contribution in [-0.2, 0) is 57.6 Å². The Morgan fingerprint density at radius 2 is 1.42 bits per heavy atom. The fourth-order valence-corrected chi connectivity index (χ4v) is 7.30. The van der Waals surface area contributed by atoms with Gasteiger partial charge in [0.05, 0.1) is 43.8 Å². The summed E-state index contributed by atoms with van der Waals surface area (Å²) in [6, 6.07) is 19.2. The average Bonchev–Trinajstić information content (AvgIpc) is 4.08. The van der Waals surface area contributed by atoms with Crippen molar-refractivity contribution in [3.05, 3.63) is 101 Å². The van der Waals surface area contributed by atoms with Gasteiger partial charge in [-0.1, -0.05) is 107 Å². The third kappa shape index (κ3) is 18.5. The lowest BCUT2D eigenvalue weighted by molar-refractivity contribution is -0.137. The number of nitrogens with one attached hydrogen (secondary N) is 5. The molecule has 1 heterocycles. The van der Waals surface area contributed by atoms with Crippen molar-refractivity contribution in [3.63, 3.8) is 0 Å². The summed E-state index contributed by atoms with van der Waals surface area (Å²) >= 11 is 0. The number of ketones is 1. The maximum atomic E-state index is 14.1. The Labute approximate surface area is 406 Å². The molecular formula is C53H70N6O10. The zero-order valence-electron chi connectivity index (χ0n) is 41.1. The highest BCUT2D eigenvalue weighted by Gasteiger charge is 2.50. The van der Waals surface area contributed by atoms with E-state index in [0.29, 0.717) is 31.6 Å². The Hall–Kier alpha value is -6.41. The molecule has 0 aliphatic carbocycles. The smallest absolute Gasteiger partial charge is 0.313 e. The maximum Gasteiger partial charge on any atom is 0.313 e. The minimum absolute atomic E-state index is 0.0473. The number of aryl methyl sites for hydroxylation is 1. The summed E-state index contributed by atoms with van der Waals surface area (Å²) in [7, 11) is 0. The number of rotatable bonds is 29. The summed E-state index contributed by atoms with van der Waals surface area (Å²) in [5, 5.41) is 13.9. The highest BCUT2D eigenvalue weighted by atomic mass is 16.6. The third-order valence-corrected chi connectivity index (χ3v) is 11.3. The van der Waals surface area contributed by atoms with E-state index in [9.17, 15) is 33.6 Å². The number of benzene rings is 3. The highest BCUT2D eigenvalue weighted by molar-refractivity contribution is 5.99. The number of carbonyl (C=O) groups excluding carboxylic acids is 7. The summed E-state index contributed by atoms with van der Waals surface area (Å²) in [6.45, 7) is 13.7. The lowest BCUT2D eigenvalue weighted by Gasteiger charge is -2.27. The Bertz CT molecular complexity index is 2240. The highest BCUT2D eigenvalue weighted by Crippen LogP contribution is 2.30. The first kappa shape index (κ1) is 55.2. The standard InChI is InChI=1S/C53H70N6O10/c1-9-25-54-49(63)41-30-40(22-24-45(41)69-52(66)36(5)6)32-59(26-28-67-27-10-2)33-46(60)56-42(23-21-38-17-13-11-14-18-38)50(64)55-37(7)48(62)58-44(31-39-19-15-12-16-20-39)51(65)57-43(29-35(3)4)47(61)53(8)34-68-53/h1,11-20,22,24,30,35-37,42-44H,10,21,23,25-29,31-34H2,2-8H3,(H,54,63)(H,55,64)(H,56,60)(H,57,65)(H,58,62)/t37-,42-,43-,44-,53+/m0/s1. The molecule has 1 saturated heterocycles. The second-order valence-electron chi connectivity index (χ2n) is 18.3. The number of hydrogen-bond acceptors (Lipinski definition) is 11. The van der Waals surface area contributed by atoms with Crippen LogP contribution < -0.4 is 31.3 Å². The second kappa shape index (κ2) is 27.6. The SMILES string of the molecule is C#CCNC(=O)c1cc(CN(CCOCCC)CC(=O)N[C@@H](CCc2ccccc2)C(=O)N[C@@H](C)C(=O)N[C@@H](Cc2ccccc2)C(=O)N[C@@H](CC(C)C)C(=O)[C@@]2(C)CO2)ccc1OC(=O)C(C)C. The summed E-state index contributed by atoms with van der Waals surface area (Å²) in [5.74, 6) is -1.54. The van der Waals surface area contributed by atoms with Gasteiger partial charge in [0.1, 0.15) is 29.5 Å². The molecule has 372 valence electrons. The van der Waals surface area contributed by atoms with E-state index in [2.05, 4.69) is 32.5 Å². The van der Waals surface area contributed by atoms with E-state index in [1.807, 2.05) is 81.4 Å². The molecule has 16 nitrogen and oxygen atoms in total. The fraction of sp³-hybridized carbons (Fsp3) is 0.491. The van der Waals surface area contributed by atoms with E-state index in [0.717, 1.165) is 17.5 Å². The monoisotopic (exact) mass is 951 g/mol. The van der Waals surface area contributed by atoms with Gasteiger partial charge >= 0.3 is 5.97 Å². The molecule has 0 unspecified atom stereocenters. The van der Waals surface area contributed by atoms with Gasteiger partial charge in [-0.05, 0) is 74.3 Å². The van der Waals surface area contributed by atoms with Crippen LogP contribution in [0.3, 0.4) is 0 Å². The van der Waals surface area contributed by atoms with Crippen molar-refractivity contribution in [3.8, 4) is 18.1 Å². The summed E-state index contributed by atoms with van der Waals surface area (Å²) in [6.07, 6.45) is 7.27. The molecule has 0 bridgehead atoms. The number of epoxide rings is 1. The van der Waals surface area contributed by atoms with Crippen molar-refractivity contribution in [2.24, 2.45) is 11.8 Å². The van der Waals surface area contributed by atoms with Crippen LogP contribution in [-0.4, -0.2) is 115 Å². The fourth-order valence-electron chi connectivity index (χ4n) is 7.30. The molecule has 16 heteroatoms. The van der Waals surface area contributed by atoms with E-state index in [-0.39, 0.29) is 68.7 Å². The molecule has 5 N–H and O–H groups in total. The number of carbonyl (C=O) groups is 7. The van der Waals surface area contributed by atoms with E-state index >= 15 is 0 Å². The van der Waals surface area contributed by atoms with Crippen LogP contribution in [0.15, 0.2) is 78.9 Å². The second-order valence-corrected chi connectivity index (χ2v) is 18.3. The predicted octanol–water partition coefficient (Wildman–Crippen LogP) is 4.08. The van der Waals surface area contributed by atoms with Gasteiger partial charge < -0.3 is 40.8 Å². The van der Waals surface area contributed by atoms with Crippen molar-refractivity contribution in [1.29, 1.82) is 0 Å². The molecule has 0 saturated carbocycles. The molecule has 0 radical (unpaired) electrons. The van der Waals surface area contributed by atoms with Gasteiger partial charge in [0.2, 0.25) is 23.6 Å². The predicted molar refractivity (Wildman–Crippen MR) is 262 cm³/mol. The minimum Gasteiger partial charge on any atom is -0.425 e. The average molecular weight is 951 g/mol. The van der Waals surface area contributed by atoms with Crippen LogP contribution in [0.25, 0.3) is 0 Å². The van der Waals surface area contributed by atoms with Gasteiger partial charge in [-0.25, -0.2) is 0 Å². The van der Waals surface area contributed by atoms with Crippen molar-refractivity contribution in [2.75, 3.05) is 39.5 Å². The Morgan fingerprint density at radius 3 is 2.03 bits per heavy atom. The number of Topliss-reactive ketones (excluding diaryl/α,β-unsaturated/α-hetero) is 1. The molecule has 3 aromatic carbocycles. The zero-order valence-corrected chi connectivity index (χ0v) is 41.1. The van der Waals surface area contributed by atoms with Crippen LogP contribution in [0.1, 0.15) is 94.8 Å². The molecule has 5 amide bonds. The number of terminal acetylenes is 1. The first-order valence-electron chi connectivity index (χ1n) is 23.8. The van der Waals surface area contributed by atoms with Gasteiger partial charge in [-0.15, -0.1) is 6.42 Å². The van der Waals surface area contributed by atoms with Gasteiger partial charge in [-0.2, -0.15) is 0 Å². The lowest BCUT2D eigenvalue weighted by Crippen LogP contribution is -2.58. The van der Waals surface area contributed by atoms with Gasteiger partial charge in [0, 0.05) is 26.1 Å². The van der Waals surface area contributed by atoms with E-state index in [1.165, 1.54) is 13.0 Å². The van der Waals surface area contributed by atoms with Crippen molar-refractivity contribution >= 4 is 41.3 Å². The normalized spacial score (nSPS) is 15.8. The van der Waals surface area contributed by atoms with Gasteiger partial charge in [0.25, 0.3) is 5.91 Å². The molecule has 1 aliphatic heterocycles. The van der Waals surface area contributed by atoms with Crippen LogP contribution in [0, 0.1) is 24.2 Å². The lowest BCUT2D eigenvalue weighted by atomic mass is 9.93. The molecule has 5 atom stereocenters. The van der Waals surface area contributed by atoms with Crippen LogP contribution in [0.4, 0.5) is 0 Å². The third-order valence-electron chi connectivity index (χ3n) is 11.3. The Morgan fingerprint density at radius 1 is 0.783 bits per heavy atom. The summed E-state index contributed by atoms with van der Waals surface area (Å²) in [5.41, 5.74) is 1.45. The number of esters is 1. The minimum atomic E-state index is -1.14. The zero-order chi connectivity index (χ0) is 50.5. The van der Waals surface area contributed by atoms with Crippen molar-refractivity contribution < 1.29 is 47.8 Å². The Kier molecular flexibility index (Phi) is 22.0. The maximum absolute atomic E-state index is 14.1. The molecule has 1 fully saturated rings. The summed E-state index contributed by atoms with van der Waals surface area (Å²) < 4.78 is 16.7. The number of nitrogens with zero attached hydrogens (tertiary/aromatic N) is 1. The van der Waals surface area contributed by atoms with Gasteiger partial charge in [-0.3, -0.25) is 38.5 Å². The van der Waals surface area contributed by atoms with E-state index in [1.54, 1.807) is 37.8 Å². The molecule has 3 aromatic rings. The van der Waals surface area contributed by atoms with Crippen molar-refractivity contribution in [1.82, 2.24) is 31.5 Å². The first-order chi connectivity index (χ1) is 32.9. The molecule has 1 aliphatic rings. The molecule has 0 aromatic heterocycles. The molecule has 4 rings (SSSR count). The van der Waals surface area contributed by atoms with Crippen molar-refractivity contribution in [2.45, 2.75) is 117 Å². The molecule has 69 heavy (non-hydrogen) atoms. The first-order valence-corrected chi connectivity index (χ1v) is 23.8. The van der Waals surface area contributed by atoms with E-state index < -0.39 is 71.2 Å². The number of hydrogen-bond donors (Lipinski definition) is 5. The number of amides is 5. The van der Waals surface area contributed by atoms with Crippen LogP contribution in [0.5, 0.6) is 5.75 Å². The quantitative estimate of drug-likeness (QED) is 0.0220.